The Labute approximate surface area is 164 Å². The summed E-state index contributed by atoms with van der Waals surface area (Å²) in [6.45, 7) is 4.51. The lowest BCUT2D eigenvalue weighted by Gasteiger charge is -2.11. The van der Waals surface area contributed by atoms with Gasteiger partial charge in [0.05, 0.1) is 7.11 Å². The van der Waals surface area contributed by atoms with Gasteiger partial charge in [0.2, 0.25) is 5.78 Å². The molecule has 5 nitrogen and oxygen atoms in total. The van der Waals surface area contributed by atoms with Gasteiger partial charge in [-0.1, -0.05) is 30.3 Å². The molecule has 0 atom stereocenters. The molecule has 1 aromatic heterocycles. The number of carbonyl (C=O) groups is 2. The zero-order chi connectivity index (χ0) is 20.1. The molecule has 3 aromatic rings. The Morgan fingerprint density at radius 2 is 1.79 bits per heavy atom. The van der Waals surface area contributed by atoms with Crippen LogP contribution in [0.1, 0.15) is 37.7 Å². The molecule has 2 aromatic carbocycles. The maximum Gasteiger partial charge on any atom is 0.202 e. The summed E-state index contributed by atoms with van der Waals surface area (Å²) in [7, 11) is 1.52. The topological polar surface area (TPSA) is 57.5 Å². The largest absolute Gasteiger partial charge is 0.493 e. The Morgan fingerprint density at radius 3 is 2.46 bits per heavy atom. The van der Waals surface area contributed by atoms with E-state index in [0.717, 1.165) is 17.7 Å². The smallest absolute Gasteiger partial charge is 0.202 e. The maximum absolute atomic E-state index is 12.8. The SMILES string of the molecule is COc1ccc(C=O)cc1OCC(=O)c1cc(C)n(Cc2ccccc2)c1C. The van der Waals surface area contributed by atoms with E-state index in [-0.39, 0.29) is 12.4 Å². The van der Waals surface area contributed by atoms with Gasteiger partial charge in [-0.05, 0) is 43.7 Å². The summed E-state index contributed by atoms with van der Waals surface area (Å²) >= 11 is 0. The van der Waals surface area contributed by atoms with E-state index in [1.807, 2.05) is 38.1 Å². The minimum atomic E-state index is -0.131. The van der Waals surface area contributed by atoms with E-state index in [1.54, 1.807) is 18.2 Å². The zero-order valence-electron chi connectivity index (χ0n) is 16.3. The Kier molecular flexibility index (Phi) is 5.94. The maximum atomic E-state index is 12.8. The average molecular weight is 377 g/mol. The number of hydrogen-bond acceptors (Lipinski definition) is 4. The number of methoxy groups -OCH3 is 1. The molecular formula is C23H23NO4. The van der Waals surface area contributed by atoms with Gasteiger partial charge in [-0.25, -0.2) is 0 Å². The van der Waals surface area contributed by atoms with Gasteiger partial charge in [-0.15, -0.1) is 0 Å². The van der Waals surface area contributed by atoms with E-state index in [4.69, 9.17) is 9.47 Å². The second-order valence-corrected chi connectivity index (χ2v) is 6.60. The van der Waals surface area contributed by atoms with E-state index in [0.29, 0.717) is 29.2 Å². The number of nitrogens with zero attached hydrogens (tertiary/aromatic N) is 1. The third kappa shape index (κ3) is 4.14. The lowest BCUT2D eigenvalue weighted by Crippen LogP contribution is -2.13. The molecule has 5 heteroatoms. The number of aryl methyl sites for hydroxylation is 1. The Balaban J connectivity index is 1.77. The Morgan fingerprint density at radius 1 is 1.04 bits per heavy atom. The predicted molar refractivity (Wildman–Crippen MR) is 108 cm³/mol. The van der Waals surface area contributed by atoms with Crippen molar-refractivity contribution in [2.45, 2.75) is 20.4 Å². The first kappa shape index (κ1) is 19.4. The van der Waals surface area contributed by atoms with Crippen molar-refractivity contribution in [3.05, 3.63) is 82.7 Å². The van der Waals surface area contributed by atoms with Gasteiger partial charge in [0.15, 0.2) is 18.1 Å². The number of rotatable bonds is 8. The molecule has 0 amide bonds. The first-order valence-corrected chi connectivity index (χ1v) is 9.03. The fraction of sp³-hybridized carbons (Fsp3) is 0.217. The van der Waals surface area contributed by atoms with Crippen LogP contribution >= 0.6 is 0 Å². The summed E-state index contributed by atoms with van der Waals surface area (Å²) in [5.74, 6) is 0.734. The van der Waals surface area contributed by atoms with Crippen LogP contribution in [0.25, 0.3) is 0 Å². The highest BCUT2D eigenvalue weighted by Crippen LogP contribution is 2.28. The van der Waals surface area contributed by atoms with Crippen molar-refractivity contribution in [2.24, 2.45) is 0 Å². The lowest BCUT2D eigenvalue weighted by atomic mass is 10.1. The molecule has 0 unspecified atom stereocenters. The van der Waals surface area contributed by atoms with E-state index >= 15 is 0 Å². The van der Waals surface area contributed by atoms with Crippen molar-refractivity contribution in [2.75, 3.05) is 13.7 Å². The number of ether oxygens (including phenoxy) is 2. The number of aromatic nitrogens is 1. The van der Waals surface area contributed by atoms with Gasteiger partial charge in [-0.2, -0.15) is 0 Å². The molecule has 0 saturated carbocycles. The van der Waals surface area contributed by atoms with Crippen LogP contribution in [0.4, 0.5) is 0 Å². The third-order valence-electron chi connectivity index (χ3n) is 4.74. The first-order valence-electron chi connectivity index (χ1n) is 9.03. The normalized spacial score (nSPS) is 10.5. The molecular weight excluding hydrogens is 354 g/mol. The van der Waals surface area contributed by atoms with E-state index in [9.17, 15) is 9.59 Å². The summed E-state index contributed by atoms with van der Waals surface area (Å²) in [4.78, 5) is 23.7. The quantitative estimate of drug-likeness (QED) is 0.435. The number of Topliss-reactive ketones (excluding diaryl/α,β-unsaturated/α-hetero) is 1. The minimum absolute atomic E-state index is 0.119. The van der Waals surface area contributed by atoms with E-state index in [2.05, 4.69) is 16.7 Å². The summed E-state index contributed by atoms with van der Waals surface area (Å²) in [6, 6.07) is 16.9. The van der Waals surface area contributed by atoms with E-state index in [1.165, 1.54) is 12.7 Å². The number of aldehydes is 1. The fourth-order valence-corrected chi connectivity index (χ4v) is 3.19. The van der Waals surface area contributed by atoms with Crippen LogP contribution in [0, 0.1) is 13.8 Å². The van der Waals surface area contributed by atoms with Gasteiger partial charge in [0.1, 0.15) is 6.29 Å². The highest BCUT2D eigenvalue weighted by atomic mass is 16.5. The van der Waals surface area contributed by atoms with Gasteiger partial charge in [0, 0.05) is 29.1 Å². The molecule has 0 spiro atoms. The summed E-state index contributed by atoms with van der Waals surface area (Å²) in [5, 5.41) is 0. The van der Waals surface area contributed by atoms with Crippen molar-refractivity contribution in [1.82, 2.24) is 4.57 Å². The standard InChI is InChI=1S/C23H23NO4/c1-16-11-20(17(2)24(16)13-18-7-5-4-6-8-18)21(26)15-28-23-12-19(14-25)9-10-22(23)27-3/h4-12,14H,13,15H2,1-3H3. The van der Waals surface area contributed by atoms with Gasteiger partial charge >= 0.3 is 0 Å². The monoisotopic (exact) mass is 377 g/mol. The molecule has 144 valence electrons. The van der Waals surface area contributed by atoms with Crippen molar-refractivity contribution < 1.29 is 19.1 Å². The highest BCUT2D eigenvalue weighted by molar-refractivity contribution is 5.98. The lowest BCUT2D eigenvalue weighted by molar-refractivity contribution is 0.0918. The first-order chi connectivity index (χ1) is 13.5. The summed E-state index contributed by atoms with van der Waals surface area (Å²) < 4.78 is 13.0. The van der Waals surface area contributed by atoms with Crippen LogP contribution in [0.15, 0.2) is 54.6 Å². The van der Waals surface area contributed by atoms with Crippen molar-refractivity contribution >= 4 is 12.1 Å². The van der Waals surface area contributed by atoms with Crippen molar-refractivity contribution in [3.8, 4) is 11.5 Å². The Hall–Kier alpha value is -3.34. The molecule has 0 N–H and O–H groups in total. The molecule has 28 heavy (non-hydrogen) atoms. The van der Waals surface area contributed by atoms with Crippen molar-refractivity contribution in [3.63, 3.8) is 0 Å². The summed E-state index contributed by atoms with van der Waals surface area (Å²) in [5.41, 5.74) is 4.20. The molecule has 0 aliphatic rings. The molecule has 1 heterocycles. The second-order valence-electron chi connectivity index (χ2n) is 6.60. The molecule has 0 radical (unpaired) electrons. The fourth-order valence-electron chi connectivity index (χ4n) is 3.19. The second kappa shape index (κ2) is 8.57. The molecule has 3 rings (SSSR count). The van der Waals surface area contributed by atoms with Crippen molar-refractivity contribution in [1.29, 1.82) is 0 Å². The van der Waals surface area contributed by atoms with Crippen LogP contribution in [0.5, 0.6) is 11.5 Å². The molecule has 0 aliphatic carbocycles. The van der Waals surface area contributed by atoms with Gasteiger partial charge in [-0.3, -0.25) is 9.59 Å². The zero-order valence-corrected chi connectivity index (χ0v) is 16.3. The molecule has 0 aliphatic heterocycles. The van der Waals surface area contributed by atoms with Gasteiger partial charge in [0.25, 0.3) is 0 Å². The Bertz CT molecular complexity index is 989. The molecule has 0 saturated heterocycles. The van der Waals surface area contributed by atoms with Crippen LogP contribution in [-0.4, -0.2) is 30.4 Å². The predicted octanol–water partition coefficient (Wildman–Crippen LogP) is 4.24. The van der Waals surface area contributed by atoms with Crippen LogP contribution < -0.4 is 9.47 Å². The number of ketones is 1. The van der Waals surface area contributed by atoms with Crippen LogP contribution in [0.3, 0.4) is 0 Å². The summed E-state index contributed by atoms with van der Waals surface area (Å²) in [6.07, 6.45) is 0.728. The molecule has 0 fully saturated rings. The van der Waals surface area contributed by atoms with Crippen LogP contribution in [-0.2, 0) is 6.54 Å². The van der Waals surface area contributed by atoms with Crippen LogP contribution in [0.2, 0.25) is 0 Å². The number of hydrogen-bond donors (Lipinski definition) is 0. The number of benzene rings is 2. The van der Waals surface area contributed by atoms with E-state index < -0.39 is 0 Å². The number of carbonyl (C=O) groups excluding carboxylic acids is 2. The highest BCUT2D eigenvalue weighted by Gasteiger charge is 2.17. The third-order valence-corrected chi connectivity index (χ3v) is 4.74. The molecule has 0 bridgehead atoms. The van der Waals surface area contributed by atoms with Gasteiger partial charge < -0.3 is 14.0 Å². The minimum Gasteiger partial charge on any atom is -0.493 e. The average Bonchev–Trinajstić information content (AvgIpc) is 3.00.